The van der Waals surface area contributed by atoms with Gasteiger partial charge in [-0.1, -0.05) is 36.4 Å². The van der Waals surface area contributed by atoms with Crippen LogP contribution in [0.2, 0.25) is 0 Å². The monoisotopic (exact) mass is 436 g/mol. The average Bonchev–Trinajstić information content (AvgIpc) is 3.13. The Morgan fingerprint density at radius 2 is 1.62 bits per heavy atom. The smallest absolute Gasteiger partial charge is 0.256 e. The highest BCUT2D eigenvalue weighted by molar-refractivity contribution is 5.94. The number of fused-ring (bicyclic) bond motifs is 2. The van der Waals surface area contributed by atoms with Gasteiger partial charge in [0, 0.05) is 32.6 Å². The molecule has 3 aliphatic rings. The van der Waals surface area contributed by atoms with E-state index in [9.17, 15) is 14.0 Å². The molecule has 2 saturated heterocycles. The maximum atomic E-state index is 14.1. The van der Waals surface area contributed by atoms with Crippen molar-refractivity contribution in [3.63, 3.8) is 0 Å². The number of likely N-dealkylation sites (tertiary alicyclic amines) is 1. The van der Waals surface area contributed by atoms with Crippen LogP contribution in [0.3, 0.4) is 0 Å². The Hall–Kier alpha value is -2.73. The first-order valence-electron chi connectivity index (χ1n) is 11.6. The molecule has 1 aliphatic carbocycles. The Morgan fingerprint density at radius 3 is 2.38 bits per heavy atom. The second-order valence-corrected chi connectivity index (χ2v) is 9.24. The number of morpholine rings is 1. The fraction of sp³-hybridized carbons (Fsp3) is 0.462. The number of ether oxygens (including phenoxy) is 1. The summed E-state index contributed by atoms with van der Waals surface area (Å²) in [4.78, 5) is 29.5. The summed E-state index contributed by atoms with van der Waals surface area (Å²) in [6.45, 7) is 3.78. The van der Waals surface area contributed by atoms with E-state index in [0.29, 0.717) is 45.8 Å². The summed E-state index contributed by atoms with van der Waals surface area (Å²) in [5.41, 5.74) is 2.74. The quantitative estimate of drug-likeness (QED) is 0.737. The third kappa shape index (κ3) is 3.81. The molecule has 2 heterocycles. The summed E-state index contributed by atoms with van der Waals surface area (Å²) >= 11 is 0. The summed E-state index contributed by atoms with van der Waals surface area (Å²) in [6.07, 6.45) is 3.14. The number of carbonyl (C=O) groups is 2. The van der Waals surface area contributed by atoms with E-state index in [0.717, 1.165) is 19.3 Å². The zero-order valence-electron chi connectivity index (χ0n) is 18.3. The van der Waals surface area contributed by atoms with Crippen LogP contribution in [0.1, 0.15) is 53.1 Å². The Labute approximate surface area is 188 Å². The second-order valence-electron chi connectivity index (χ2n) is 9.24. The second kappa shape index (κ2) is 8.66. The van der Waals surface area contributed by atoms with Gasteiger partial charge in [-0.2, -0.15) is 0 Å². The molecule has 6 heteroatoms. The van der Waals surface area contributed by atoms with E-state index >= 15 is 0 Å². The molecule has 1 atom stereocenters. The van der Waals surface area contributed by atoms with E-state index in [1.807, 2.05) is 4.90 Å². The number of carbonyl (C=O) groups excluding carboxylic acids is 2. The molecule has 1 spiro atoms. The highest BCUT2D eigenvalue weighted by Gasteiger charge is 2.46. The van der Waals surface area contributed by atoms with Gasteiger partial charge < -0.3 is 14.5 Å². The number of halogens is 1. The number of hydrogen-bond donors (Lipinski definition) is 0. The van der Waals surface area contributed by atoms with E-state index in [-0.39, 0.29) is 28.7 Å². The number of piperidine rings is 1. The predicted molar refractivity (Wildman–Crippen MR) is 119 cm³/mol. The van der Waals surface area contributed by atoms with Gasteiger partial charge in [0.05, 0.1) is 18.8 Å². The molecule has 2 aromatic rings. The molecule has 2 aromatic carbocycles. The molecule has 5 nitrogen and oxygen atoms in total. The largest absolute Gasteiger partial charge is 0.378 e. The minimum atomic E-state index is -0.467. The molecule has 2 fully saturated rings. The van der Waals surface area contributed by atoms with Gasteiger partial charge in [-0.15, -0.1) is 0 Å². The summed E-state index contributed by atoms with van der Waals surface area (Å²) in [7, 11) is 0. The fourth-order valence-corrected chi connectivity index (χ4v) is 5.78. The molecule has 168 valence electrons. The van der Waals surface area contributed by atoms with Gasteiger partial charge in [-0.3, -0.25) is 9.59 Å². The maximum Gasteiger partial charge on any atom is 0.256 e. The van der Waals surface area contributed by atoms with Gasteiger partial charge >= 0.3 is 0 Å². The third-order valence-corrected chi connectivity index (χ3v) is 7.51. The molecule has 0 bridgehead atoms. The van der Waals surface area contributed by atoms with Gasteiger partial charge in [-0.25, -0.2) is 4.39 Å². The summed E-state index contributed by atoms with van der Waals surface area (Å²) in [5, 5.41) is 0. The van der Waals surface area contributed by atoms with Gasteiger partial charge in [0.1, 0.15) is 5.82 Å². The van der Waals surface area contributed by atoms with E-state index in [1.54, 1.807) is 23.1 Å². The Morgan fingerprint density at radius 1 is 0.938 bits per heavy atom. The molecule has 2 aliphatic heterocycles. The van der Waals surface area contributed by atoms with E-state index in [1.165, 1.54) is 17.2 Å². The maximum absolute atomic E-state index is 14.1. The lowest BCUT2D eigenvalue weighted by Crippen LogP contribution is -2.44. The number of hydrogen-bond acceptors (Lipinski definition) is 3. The van der Waals surface area contributed by atoms with Crippen molar-refractivity contribution in [3.8, 4) is 0 Å². The molecule has 0 unspecified atom stereocenters. The highest BCUT2D eigenvalue weighted by Crippen LogP contribution is 2.52. The molecule has 0 radical (unpaired) electrons. The van der Waals surface area contributed by atoms with Crippen molar-refractivity contribution in [2.45, 2.75) is 37.0 Å². The normalized spacial score (nSPS) is 22.1. The van der Waals surface area contributed by atoms with Gasteiger partial charge in [0.15, 0.2) is 0 Å². The molecule has 5 rings (SSSR count). The molecule has 32 heavy (non-hydrogen) atoms. The van der Waals surface area contributed by atoms with Crippen LogP contribution in [-0.2, 0) is 14.9 Å². The SMILES string of the molecule is O=C(C[C@H]1CC2(CCN(C(=O)c3ccccc3F)CC2)c2ccccc21)N1CCOCC1. The van der Waals surface area contributed by atoms with Crippen LogP contribution in [0.4, 0.5) is 4.39 Å². The molecule has 0 aromatic heterocycles. The van der Waals surface area contributed by atoms with Crippen LogP contribution >= 0.6 is 0 Å². The zero-order chi connectivity index (χ0) is 22.1. The fourth-order valence-electron chi connectivity index (χ4n) is 5.78. The van der Waals surface area contributed by atoms with Gasteiger partial charge in [-0.05, 0) is 53.9 Å². The van der Waals surface area contributed by atoms with Crippen LogP contribution in [0.25, 0.3) is 0 Å². The van der Waals surface area contributed by atoms with Crippen molar-refractivity contribution in [3.05, 3.63) is 71.0 Å². The minimum absolute atomic E-state index is 0.0153. The van der Waals surface area contributed by atoms with Gasteiger partial charge in [0.25, 0.3) is 5.91 Å². The van der Waals surface area contributed by atoms with Crippen molar-refractivity contribution in [2.24, 2.45) is 0 Å². The van der Waals surface area contributed by atoms with E-state index in [4.69, 9.17) is 4.74 Å². The molecular weight excluding hydrogens is 407 g/mol. The average molecular weight is 437 g/mol. The van der Waals surface area contributed by atoms with Crippen LogP contribution in [-0.4, -0.2) is 61.0 Å². The lowest BCUT2D eigenvalue weighted by Gasteiger charge is -2.40. The standard InChI is InChI=1S/C26H29FN2O3/c27-23-8-4-2-6-21(23)25(31)29-11-9-26(10-12-29)18-19(20-5-1-3-7-22(20)26)17-24(30)28-13-15-32-16-14-28/h1-8,19H,9-18H2/t19-/m0/s1. The highest BCUT2D eigenvalue weighted by atomic mass is 19.1. The Kier molecular flexibility index (Phi) is 5.72. The number of amides is 2. The summed E-state index contributed by atoms with van der Waals surface area (Å²) in [6, 6.07) is 14.7. The van der Waals surface area contributed by atoms with Crippen LogP contribution in [0.15, 0.2) is 48.5 Å². The van der Waals surface area contributed by atoms with Crippen molar-refractivity contribution in [1.29, 1.82) is 0 Å². The van der Waals surface area contributed by atoms with Crippen molar-refractivity contribution >= 4 is 11.8 Å². The van der Waals surface area contributed by atoms with E-state index in [2.05, 4.69) is 24.3 Å². The predicted octanol–water partition coefficient (Wildman–Crippen LogP) is 3.74. The number of rotatable bonds is 3. The third-order valence-electron chi connectivity index (χ3n) is 7.51. The van der Waals surface area contributed by atoms with Crippen LogP contribution in [0.5, 0.6) is 0 Å². The lowest BCUT2D eigenvalue weighted by molar-refractivity contribution is -0.135. The van der Waals surface area contributed by atoms with Crippen LogP contribution < -0.4 is 0 Å². The summed E-state index contributed by atoms with van der Waals surface area (Å²) < 4.78 is 19.5. The minimum Gasteiger partial charge on any atom is -0.378 e. The zero-order valence-corrected chi connectivity index (χ0v) is 18.3. The summed E-state index contributed by atoms with van der Waals surface area (Å²) in [5.74, 6) is -0.290. The van der Waals surface area contributed by atoms with Gasteiger partial charge in [0.2, 0.25) is 5.91 Å². The molecular formula is C26H29FN2O3. The molecule has 0 saturated carbocycles. The van der Waals surface area contributed by atoms with Crippen molar-refractivity contribution in [2.75, 3.05) is 39.4 Å². The molecule has 0 N–H and O–H groups in total. The van der Waals surface area contributed by atoms with Crippen LogP contribution in [0, 0.1) is 5.82 Å². The molecule has 2 amide bonds. The van der Waals surface area contributed by atoms with E-state index < -0.39 is 5.82 Å². The Balaban J connectivity index is 1.31. The first-order chi connectivity index (χ1) is 15.6. The number of nitrogens with zero attached hydrogens (tertiary/aromatic N) is 2. The first-order valence-corrected chi connectivity index (χ1v) is 11.6. The lowest BCUT2D eigenvalue weighted by atomic mass is 9.73. The van der Waals surface area contributed by atoms with Crippen molar-refractivity contribution < 1.29 is 18.7 Å². The first kappa shape index (κ1) is 21.1. The van der Waals surface area contributed by atoms with Crippen molar-refractivity contribution in [1.82, 2.24) is 9.80 Å². The topological polar surface area (TPSA) is 49.9 Å². The Bertz CT molecular complexity index is 1010. The number of benzene rings is 2.